The number of hydrogen-bond donors (Lipinski definition) is 0. The molecule has 3 aromatic heterocycles. The summed E-state index contributed by atoms with van der Waals surface area (Å²) in [6.07, 6.45) is 0. The summed E-state index contributed by atoms with van der Waals surface area (Å²) in [6.45, 7) is 4.72. The van der Waals surface area contributed by atoms with E-state index in [1.165, 1.54) is 33.0 Å². The smallest absolute Gasteiger partial charge is 0.164 e. The number of aromatic nitrogens is 4. The summed E-state index contributed by atoms with van der Waals surface area (Å²) in [7, 11) is 0. The van der Waals surface area contributed by atoms with Gasteiger partial charge in [0.1, 0.15) is 5.58 Å². The number of rotatable bonds is 5. The van der Waals surface area contributed by atoms with E-state index in [0.717, 1.165) is 66.5 Å². The largest absolute Gasteiger partial charge is 0.454 e. The van der Waals surface area contributed by atoms with Gasteiger partial charge in [-0.25, -0.2) is 15.0 Å². The Hall–Kier alpha value is -7.63. The highest BCUT2D eigenvalue weighted by Crippen LogP contribution is 2.53. The number of hydrogen-bond acceptors (Lipinski definition) is 4. The van der Waals surface area contributed by atoms with Crippen molar-refractivity contribution in [3.05, 3.63) is 193 Å². The zero-order chi connectivity index (χ0) is 39.2. The molecule has 59 heavy (non-hydrogen) atoms. The average molecular weight is 757 g/mol. The van der Waals surface area contributed by atoms with Gasteiger partial charge in [0.25, 0.3) is 0 Å². The molecule has 0 bridgehead atoms. The Morgan fingerprint density at radius 1 is 0.441 bits per heavy atom. The lowest BCUT2D eigenvalue weighted by atomic mass is 9.80. The Labute approximate surface area is 340 Å². The van der Waals surface area contributed by atoms with Gasteiger partial charge < -0.3 is 8.98 Å². The van der Waals surface area contributed by atoms with Crippen molar-refractivity contribution < 1.29 is 4.42 Å². The van der Waals surface area contributed by atoms with Gasteiger partial charge in [0.15, 0.2) is 23.1 Å². The molecule has 0 fully saturated rings. The van der Waals surface area contributed by atoms with E-state index >= 15 is 0 Å². The summed E-state index contributed by atoms with van der Waals surface area (Å²) in [4.78, 5) is 15.6. The molecule has 0 N–H and O–H groups in total. The van der Waals surface area contributed by atoms with E-state index in [2.05, 4.69) is 152 Å². The van der Waals surface area contributed by atoms with Crippen LogP contribution in [-0.4, -0.2) is 19.5 Å². The second-order valence-corrected chi connectivity index (χ2v) is 16.0. The first-order valence-electron chi connectivity index (χ1n) is 20.1. The molecule has 0 amide bonds. The van der Waals surface area contributed by atoms with E-state index < -0.39 is 0 Å². The summed E-state index contributed by atoms with van der Waals surface area (Å²) in [5.74, 6) is 1.80. The minimum Gasteiger partial charge on any atom is -0.454 e. The molecule has 0 spiro atoms. The molecular weight excluding hydrogens is 721 g/mol. The van der Waals surface area contributed by atoms with Gasteiger partial charge in [-0.05, 0) is 69.8 Å². The maximum atomic E-state index is 6.95. The number of fused-ring (bicyclic) bond motifs is 10. The van der Waals surface area contributed by atoms with Crippen LogP contribution in [0.15, 0.2) is 186 Å². The number of benzene rings is 8. The number of furan rings is 1. The molecule has 278 valence electrons. The first kappa shape index (κ1) is 33.5. The molecule has 0 aliphatic heterocycles. The third kappa shape index (κ3) is 5.01. The molecule has 1 aliphatic rings. The van der Waals surface area contributed by atoms with Gasteiger partial charge in [-0.1, -0.05) is 159 Å². The van der Waals surface area contributed by atoms with Crippen LogP contribution in [-0.2, 0) is 5.41 Å². The highest BCUT2D eigenvalue weighted by molar-refractivity contribution is 6.18. The third-order valence-electron chi connectivity index (χ3n) is 12.2. The van der Waals surface area contributed by atoms with Crippen molar-refractivity contribution in [2.75, 3.05) is 0 Å². The summed E-state index contributed by atoms with van der Waals surface area (Å²) < 4.78 is 9.34. The van der Waals surface area contributed by atoms with E-state index in [0.29, 0.717) is 17.5 Å². The lowest BCUT2D eigenvalue weighted by Gasteiger charge is -2.22. The van der Waals surface area contributed by atoms with Gasteiger partial charge >= 0.3 is 0 Å². The molecular formula is C54H36N4O. The average Bonchev–Trinajstić information content (AvgIpc) is 3.92. The van der Waals surface area contributed by atoms with Crippen molar-refractivity contribution in [2.45, 2.75) is 19.3 Å². The van der Waals surface area contributed by atoms with Crippen LogP contribution >= 0.6 is 0 Å². The lowest BCUT2D eigenvalue weighted by molar-refractivity contribution is 0.666. The van der Waals surface area contributed by atoms with Crippen molar-refractivity contribution in [1.82, 2.24) is 19.5 Å². The van der Waals surface area contributed by atoms with E-state index in [1.807, 2.05) is 48.5 Å². The van der Waals surface area contributed by atoms with Crippen molar-refractivity contribution in [3.8, 4) is 62.1 Å². The topological polar surface area (TPSA) is 56.7 Å². The summed E-state index contributed by atoms with van der Waals surface area (Å²) >= 11 is 0. The molecule has 0 radical (unpaired) electrons. The van der Waals surface area contributed by atoms with Gasteiger partial charge in [-0.2, -0.15) is 0 Å². The van der Waals surface area contributed by atoms with Crippen LogP contribution in [0.2, 0.25) is 0 Å². The first-order valence-corrected chi connectivity index (χ1v) is 20.1. The Morgan fingerprint density at radius 3 is 1.90 bits per heavy atom. The Bertz CT molecular complexity index is 3470. The van der Waals surface area contributed by atoms with Crippen LogP contribution in [0.1, 0.15) is 25.0 Å². The highest BCUT2D eigenvalue weighted by atomic mass is 16.3. The zero-order valence-corrected chi connectivity index (χ0v) is 32.5. The van der Waals surface area contributed by atoms with Gasteiger partial charge in [0.2, 0.25) is 0 Å². The van der Waals surface area contributed by atoms with Crippen LogP contribution in [0.3, 0.4) is 0 Å². The fourth-order valence-electron chi connectivity index (χ4n) is 9.58. The predicted octanol–water partition coefficient (Wildman–Crippen LogP) is 13.8. The van der Waals surface area contributed by atoms with Gasteiger partial charge in [-0.3, -0.25) is 0 Å². The molecule has 1 aliphatic carbocycles. The van der Waals surface area contributed by atoms with Crippen molar-refractivity contribution >= 4 is 43.7 Å². The Kier molecular flexibility index (Phi) is 7.20. The zero-order valence-electron chi connectivity index (χ0n) is 32.5. The maximum Gasteiger partial charge on any atom is 0.164 e. The van der Waals surface area contributed by atoms with Gasteiger partial charge in [0, 0.05) is 43.7 Å². The standard InChI is InChI=1S/C54H36N4O/c1-54(2)42-25-12-9-22-37(42)38-28-30-44-48(49(38)54)39-23-10-13-26-43(39)58(44)45-31-29-41(47-40-24-11-14-27-46(40)59-50(45)47)53-56-51(34-18-7-4-8-19-34)55-52(57-53)36-21-15-20-35(32-36)33-16-5-3-6-17-33/h3-32H,1-2H3. The number of nitrogens with zero attached hydrogens (tertiary/aromatic N) is 4. The maximum absolute atomic E-state index is 6.95. The fourth-order valence-corrected chi connectivity index (χ4v) is 9.58. The first-order chi connectivity index (χ1) is 29.0. The molecule has 0 saturated heterocycles. The molecule has 0 unspecified atom stereocenters. The van der Waals surface area contributed by atoms with Crippen LogP contribution in [0.25, 0.3) is 106 Å². The molecule has 0 atom stereocenters. The third-order valence-corrected chi connectivity index (χ3v) is 12.2. The van der Waals surface area contributed by atoms with Crippen LogP contribution in [0.5, 0.6) is 0 Å². The van der Waals surface area contributed by atoms with Crippen molar-refractivity contribution in [2.24, 2.45) is 0 Å². The van der Waals surface area contributed by atoms with Gasteiger partial charge in [-0.15, -0.1) is 0 Å². The number of para-hydroxylation sites is 2. The second kappa shape index (κ2) is 12.7. The Morgan fingerprint density at radius 2 is 1.07 bits per heavy atom. The minimum absolute atomic E-state index is 0.174. The molecule has 5 heteroatoms. The lowest BCUT2D eigenvalue weighted by Crippen LogP contribution is -2.15. The van der Waals surface area contributed by atoms with E-state index in [-0.39, 0.29) is 5.41 Å². The molecule has 11 aromatic rings. The summed E-state index contributed by atoms with van der Waals surface area (Å²) in [6, 6.07) is 63.9. The summed E-state index contributed by atoms with van der Waals surface area (Å²) in [5.41, 5.74) is 15.0. The monoisotopic (exact) mass is 756 g/mol. The molecule has 3 heterocycles. The van der Waals surface area contributed by atoms with Crippen molar-refractivity contribution in [3.63, 3.8) is 0 Å². The highest BCUT2D eigenvalue weighted by Gasteiger charge is 2.38. The minimum atomic E-state index is -0.174. The molecule has 0 saturated carbocycles. The fraction of sp³-hybridized carbons (Fsp3) is 0.0556. The quantitative estimate of drug-likeness (QED) is 0.175. The molecule has 8 aromatic carbocycles. The molecule has 12 rings (SSSR count). The van der Waals surface area contributed by atoms with E-state index in [4.69, 9.17) is 19.4 Å². The SMILES string of the molecule is CC1(C)c2ccccc2-c2ccc3c(c21)c1ccccc1n3-c1ccc(-c2nc(-c3ccccc3)nc(-c3cccc(-c4ccccc4)c3)n2)c2c1oc1ccccc12. The van der Waals surface area contributed by atoms with E-state index in [1.54, 1.807) is 0 Å². The van der Waals surface area contributed by atoms with Gasteiger partial charge in [0.05, 0.1) is 16.7 Å². The Balaban J connectivity index is 1.12. The van der Waals surface area contributed by atoms with E-state index in [9.17, 15) is 0 Å². The molecule has 5 nitrogen and oxygen atoms in total. The summed E-state index contributed by atoms with van der Waals surface area (Å²) in [5, 5.41) is 4.47. The van der Waals surface area contributed by atoms with Crippen LogP contribution in [0, 0.1) is 0 Å². The van der Waals surface area contributed by atoms with Crippen molar-refractivity contribution in [1.29, 1.82) is 0 Å². The normalized spacial score (nSPS) is 13.1. The second-order valence-electron chi connectivity index (χ2n) is 16.0. The van der Waals surface area contributed by atoms with Crippen LogP contribution < -0.4 is 0 Å². The van der Waals surface area contributed by atoms with Crippen LogP contribution in [0.4, 0.5) is 0 Å². The predicted molar refractivity (Wildman–Crippen MR) is 241 cm³/mol.